The molecular weight excluding hydrogens is 382 g/mol. The molecule has 3 heteroatoms. The van der Waals surface area contributed by atoms with Crippen LogP contribution in [-0.4, -0.2) is 17.1 Å². The average Bonchev–Trinajstić information content (AvgIpc) is 3.40. The lowest BCUT2D eigenvalue weighted by molar-refractivity contribution is -0.137. The third kappa shape index (κ3) is 4.12. The van der Waals surface area contributed by atoms with Crippen molar-refractivity contribution in [2.75, 3.05) is 0 Å². The molecule has 2 aliphatic carbocycles. The van der Waals surface area contributed by atoms with E-state index in [1.165, 1.54) is 45.9 Å². The number of hydrogen-bond acceptors (Lipinski definition) is 2. The van der Waals surface area contributed by atoms with E-state index in [1.54, 1.807) is 0 Å². The number of carboxylic acid groups (broad SMARTS) is 1. The summed E-state index contributed by atoms with van der Waals surface area (Å²) in [6, 6.07) is 22.9. The summed E-state index contributed by atoms with van der Waals surface area (Å²) in [7, 11) is 0. The molecule has 2 aliphatic rings. The summed E-state index contributed by atoms with van der Waals surface area (Å²) in [6.45, 7) is 2.28. The van der Waals surface area contributed by atoms with Crippen LogP contribution in [0, 0.1) is 0 Å². The molecule has 0 spiro atoms. The Morgan fingerprint density at radius 3 is 2.77 bits per heavy atom. The van der Waals surface area contributed by atoms with Crippen molar-refractivity contribution in [3.63, 3.8) is 0 Å². The zero-order valence-corrected chi connectivity index (χ0v) is 18.2. The van der Waals surface area contributed by atoms with Crippen LogP contribution in [0.1, 0.15) is 79.2 Å². The number of rotatable bonds is 6. The standard InChI is InChI=1S/C28H31NO2/c1-18(25-8-4-6-19-5-2-3-7-26(19)25)29-24-14-13-21(15-24)22-11-9-20-10-12-23(17-28(30)31)27(20)16-22/h2-9,11,16,18,21,23-24,29H,10,12-15,17H2,1H3,(H,30,31)/t18-,21?,23+,24?/m1/s1. The first-order chi connectivity index (χ1) is 15.1. The van der Waals surface area contributed by atoms with Crippen molar-refractivity contribution in [2.24, 2.45) is 0 Å². The Morgan fingerprint density at radius 1 is 1.06 bits per heavy atom. The zero-order valence-electron chi connectivity index (χ0n) is 18.2. The van der Waals surface area contributed by atoms with E-state index >= 15 is 0 Å². The predicted octanol–water partition coefficient (Wildman–Crippen LogP) is 6.33. The molecule has 2 unspecified atom stereocenters. The summed E-state index contributed by atoms with van der Waals surface area (Å²) >= 11 is 0. The van der Waals surface area contributed by atoms with Crippen LogP contribution in [0.2, 0.25) is 0 Å². The van der Waals surface area contributed by atoms with E-state index in [2.05, 4.69) is 72.9 Å². The summed E-state index contributed by atoms with van der Waals surface area (Å²) in [4.78, 5) is 11.2. The Bertz CT molecular complexity index is 1100. The number of fused-ring (bicyclic) bond motifs is 2. The quantitative estimate of drug-likeness (QED) is 0.496. The van der Waals surface area contributed by atoms with Crippen molar-refractivity contribution in [2.45, 2.75) is 69.4 Å². The van der Waals surface area contributed by atoms with E-state index in [9.17, 15) is 9.90 Å². The smallest absolute Gasteiger partial charge is 0.303 e. The Labute approximate surface area is 184 Å². The van der Waals surface area contributed by atoms with Gasteiger partial charge in [0.05, 0.1) is 6.42 Å². The highest BCUT2D eigenvalue weighted by Crippen LogP contribution is 2.41. The van der Waals surface area contributed by atoms with Crippen molar-refractivity contribution >= 4 is 16.7 Å². The van der Waals surface area contributed by atoms with Gasteiger partial charge in [0, 0.05) is 12.1 Å². The molecule has 2 N–H and O–H groups in total. The van der Waals surface area contributed by atoms with Crippen LogP contribution >= 0.6 is 0 Å². The van der Waals surface area contributed by atoms with Crippen molar-refractivity contribution in [3.8, 4) is 0 Å². The molecule has 4 atom stereocenters. The summed E-state index contributed by atoms with van der Waals surface area (Å²) in [5.74, 6) is 0.0681. The van der Waals surface area contributed by atoms with Gasteiger partial charge in [0.2, 0.25) is 0 Å². The molecular formula is C28H31NO2. The third-order valence-corrected chi connectivity index (χ3v) is 7.47. The highest BCUT2D eigenvalue weighted by atomic mass is 16.4. The molecule has 1 saturated carbocycles. The SMILES string of the molecule is C[C@@H](NC1CCC(c2ccc3c(c2)[C@H](CC(=O)O)CC3)C1)c1cccc2ccccc12. The van der Waals surface area contributed by atoms with Crippen LogP contribution in [0.5, 0.6) is 0 Å². The Hall–Kier alpha value is -2.65. The van der Waals surface area contributed by atoms with Crippen molar-refractivity contribution in [1.29, 1.82) is 0 Å². The minimum absolute atomic E-state index is 0.189. The van der Waals surface area contributed by atoms with Gasteiger partial charge in [-0.25, -0.2) is 0 Å². The second-order valence-corrected chi connectivity index (χ2v) is 9.46. The molecule has 0 aromatic heterocycles. The molecule has 1 fully saturated rings. The Balaban J connectivity index is 1.28. The molecule has 0 saturated heterocycles. The molecule has 0 amide bonds. The number of carbonyl (C=O) groups is 1. The highest BCUT2D eigenvalue weighted by Gasteiger charge is 2.30. The molecule has 0 radical (unpaired) electrons. The van der Waals surface area contributed by atoms with E-state index in [4.69, 9.17) is 0 Å². The van der Waals surface area contributed by atoms with Gasteiger partial charge in [-0.15, -0.1) is 0 Å². The highest BCUT2D eigenvalue weighted by molar-refractivity contribution is 5.86. The van der Waals surface area contributed by atoms with E-state index in [0.717, 1.165) is 19.3 Å². The summed E-state index contributed by atoms with van der Waals surface area (Å²) in [6.07, 6.45) is 5.79. The average molecular weight is 414 g/mol. The third-order valence-electron chi connectivity index (χ3n) is 7.47. The van der Waals surface area contributed by atoms with E-state index < -0.39 is 5.97 Å². The van der Waals surface area contributed by atoms with E-state index in [1.807, 2.05) is 0 Å². The van der Waals surface area contributed by atoms with Gasteiger partial charge in [-0.05, 0) is 83.9 Å². The van der Waals surface area contributed by atoms with Crippen LogP contribution in [0.15, 0.2) is 60.7 Å². The van der Waals surface area contributed by atoms with Gasteiger partial charge in [-0.2, -0.15) is 0 Å². The number of nitrogens with one attached hydrogen (secondary N) is 1. The summed E-state index contributed by atoms with van der Waals surface area (Å²) < 4.78 is 0. The molecule has 3 aromatic rings. The fourth-order valence-corrected chi connectivity index (χ4v) is 5.89. The van der Waals surface area contributed by atoms with Crippen molar-refractivity contribution in [1.82, 2.24) is 5.32 Å². The number of carboxylic acids is 1. The van der Waals surface area contributed by atoms with Crippen LogP contribution in [0.3, 0.4) is 0 Å². The maximum atomic E-state index is 11.2. The first-order valence-corrected chi connectivity index (χ1v) is 11.7. The Kier molecular flexibility index (Phi) is 5.54. The Morgan fingerprint density at radius 2 is 1.90 bits per heavy atom. The van der Waals surface area contributed by atoms with Gasteiger partial charge in [0.25, 0.3) is 0 Å². The van der Waals surface area contributed by atoms with E-state index in [0.29, 0.717) is 18.0 Å². The normalized spacial score (nSPS) is 23.7. The fourth-order valence-electron chi connectivity index (χ4n) is 5.89. The number of benzene rings is 3. The predicted molar refractivity (Wildman–Crippen MR) is 126 cm³/mol. The molecule has 160 valence electrons. The summed E-state index contributed by atoms with van der Waals surface area (Å²) in [5, 5.41) is 15.8. The largest absolute Gasteiger partial charge is 0.481 e. The molecule has 0 aliphatic heterocycles. The van der Waals surface area contributed by atoms with Gasteiger partial charge in [-0.3, -0.25) is 4.79 Å². The van der Waals surface area contributed by atoms with Gasteiger partial charge >= 0.3 is 5.97 Å². The maximum absolute atomic E-state index is 11.2. The van der Waals surface area contributed by atoms with E-state index in [-0.39, 0.29) is 12.3 Å². The van der Waals surface area contributed by atoms with Crippen LogP contribution in [0.25, 0.3) is 10.8 Å². The number of aryl methyl sites for hydroxylation is 1. The first kappa shape index (κ1) is 20.3. The summed E-state index contributed by atoms with van der Waals surface area (Å²) in [5.41, 5.74) is 5.42. The minimum atomic E-state index is -0.684. The second-order valence-electron chi connectivity index (χ2n) is 9.46. The molecule has 3 nitrogen and oxygen atoms in total. The molecule has 3 aromatic carbocycles. The lowest BCUT2D eigenvalue weighted by atomic mass is 9.91. The van der Waals surface area contributed by atoms with Crippen molar-refractivity contribution < 1.29 is 9.90 Å². The maximum Gasteiger partial charge on any atom is 0.303 e. The molecule has 0 bridgehead atoms. The topological polar surface area (TPSA) is 49.3 Å². The molecule has 0 heterocycles. The monoisotopic (exact) mass is 413 g/mol. The minimum Gasteiger partial charge on any atom is -0.481 e. The van der Waals surface area contributed by atoms with Crippen LogP contribution in [-0.2, 0) is 11.2 Å². The lowest BCUT2D eigenvalue weighted by Crippen LogP contribution is -2.29. The van der Waals surface area contributed by atoms with Gasteiger partial charge in [-0.1, -0.05) is 60.7 Å². The lowest BCUT2D eigenvalue weighted by Gasteiger charge is -2.22. The van der Waals surface area contributed by atoms with Crippen LogP contribution in [0.4, 0.5) is 0 Å². The fraction of sp³-hybridized carbons (Fsp3) is 0.393. The molecule has 31 heavy (non-hydrogen) atoms. The van der Waals surface area contributed by atoms with Crippen LogP contribution < -0.4 is 5.32 Å². The zero-order chi connectivity index (χ0) is 21.4. The van der Waals surface area contributed by atoms with Gasteiger partial charge in [0.1, 0.15) is 0 Å². The second kappa shape index (κ2) is 8.47. The number of aliphatic carboxylic acids is 1. The number of hydrogen-bond donors (Lipinski definition) is 2. The molecule has 5 rings (SSSR count). The van der Waals surface area contributed by atoms with Gasteiger partial charge < -0.3 is 10.4 Å². The van der Waals surface area contributed by atoms with Gasteiger partial charge in [0.15, 0.2) is 0 Å². The first-order valence-electron chi connectivity index (χ1n) is 11.7. The van der Waals surface area contributed by atoms with Crippen molar-refractivity contribution in [3.05, 3.63) is 82.9 Å².